The summed E-state index contributed by atoms with van der Waals surface area (Å²) in [5.41, 5.74) is 4.95. The molecule has 0 bridgehead atoms. The molecule has 0 radical (unpaired) electrons. The molecule has 2 heteroatoms. The third kappa shape index (κ3) is 6.51. The number of unbranched alkanes of at least 4 members (excludes halogenated alkanes) is 3. The summed E-state index contributed by atoms with van der Waals surface area (Å²) in [5.74, 6) is 7.99. The lowest BCUT2D eigenvalue weighted by molar-refractivity contribution is 0.491. The largest absolute Gasteiger partial charge is 0.543 e. The maximum atomic E-state index is 6.74. The van der Waals surface area contributed by atoms with E-state index >= 15 is 0 Å². The van der Waals surface area contributed by atoms with Crippen LogP contribution in [0.3, 0.4) is 0 Å². The Bertz CT molecular complexity index is 863. The Labute approximate surface area is 186 Å². The van der Waals surface area contributed by atoms with E-state index in [0.717, 1.165) is 25.0 Å². The average molecular weight is 421 g/mol. The van der Waals surface area contributed by atoms with Crippen LogP contribution >= 0.6 is 0 Å². The molecule has 0 saturated carbocycles. The smallest absolute Gasteiger partial charge is 0.250 e. The molecule has 2 aromatic rings. The second-order valence-corrected chi connectivity index (χ2v) is 14.5. The molecule has 0 N–H and O–H groups in total. The Kier molecular flexibility index (Phi) is 8.80. The van der Waals surface area contributed by atoms with E-state index in [2.05, 4.69) is 102 Å². The van der Waals surface area contributed by atoms with E-state index in [9.17, 15) is 0 Å². The average Bonchev–Trinajstić information content (AvgIpc) is 2.69. The van der Waals surface area contributed by atoms with Crippen molar-refractivity contribution < 1.29 is 4.43 Å². The molecule has 162 valence electrons. The van der Waals surface area contributed by atoms with Crippen molar-refractivity contribution in [3.8, 4) is 28.7 Å². The van der Waals surface area contributed by atoms with Crippen molar-refractivity contribution in [2.75, 3.05) is 0 Å². The molecule has 2 rings (SSSR count). The van der Waals surface area contributed by atoms with E-state index in [-0.39, 0.29) is 5.04 Å². The van der Waals surface area contributed by atoms with Crippen LogP contribution in [0.1, 0.15) is 77.8 Å². The van der Waals surface area contributed by atoms with Gasteiger partial charge in [-0.15, -0.1) is 0 Å². The zero-order chi connectivity index (χ0) is 22.2. The van der Waals surface area contributed by atoms with Crippen molar-refractivity contribution in [3.05, 3.63) is 53.6 Å². The minimum Gasteiger partial charge on any atom is -0.543 e. The predicted octanol–water partition coefficient (Wildman–Crippen LogP) is 8.62. The van der Waals surface area contributed by atoms with E-state index in [0.29, 0.717) is 0 Å². The second kappa shape index (κ2) is 10.9. The Balaban J connectivity index is 2.62. The summed E-state index contributed by atoms with van der Waals surface area (Å²) in [6.07, 6.45) is 6.69. The molecule has 0 amide bonds. The molecule has 1 nitrogen and oxygen atoms in total. The van der Waals surface area contributed by atoms with E-state index in [1.807, 2.05) is 0 Å². The third-order valence-electron chi connectivity index (χ3n) is 6.13. The number of benzene rings is 2. The van der Waals surface area contributed by atoms with Crippen LogP contribution in [0.15, 0.2) is 42.5 Å². The Morgan fingerprint density at radius 1 is 0.933 bits per heavy atom. The van der Waals surface area contributed by atoms with Gasteiger partial charge in [-0.25, -0.2) is 0 Å². The Hall–Kier alpha value is -1.98. The topological polar surface area (TPSA) is 9.23 Å². The molecule has 0 aliphatic heterocycles. The number of rotatable bonds is 8. The molecular weight excluding hydrogens is 380 g/mol. The lowest BCUT2D eigenvalue weighted by Crippen LogP contribution is -2.43. The third-order valence-corrected chi connectivity index (χ3v) is 10.5. The van der Waals surface area contributed by atoms with Crippen molar-refractivity contribution >= 4 is 8.32 Å². The van der Waals surface area contributed by atoms with Gasteiger partial charge in [0.25, 0.3) is 0 Å². The van der Waals surface area contributed by atoms with E-state index < -0.39 is 8.32 Å². The standard InChI is InChI=1S/C28H40OSi/c1-8-10-12-16-20-26-24(17-11-9-2)21-25(29-30(6,7)28(3,4)5)22-27(26)23-18-14-13-15-19-23/h13-15,18-19,21-22H,8-12,17H2,1-7H3. The molecule has 30 heavy (non-hydrogen) atoms. The summed E-state index contributed by atoms with van der Waals surface area (Å²) in [5, 5.41) is 0.169. The van der Waals surface area contributed by atoms with Gasteiger partial charge in [0.05, 0.1) is 0 Å². The van der Waals surface area contributed by atoms with Crippen LogP contribution in [-0.4, -0.2) is 8.32 Å². The van der Waals surface area contributed by atoms with Gasteiger partial charge in [0.15, 0.2) is 0 Å². The van der Waals surface area contributed by atoms with Crippen LogP contribution in [0.5, 0.6) is 5.75 Å². The molecule has 0 aliphatic rings. The van der Waals surface area contributed by atoms with Crippen LogP contribution in [-0.2, 0) is 6.42 Å². The van der Waals surface area contributed by atoms with Crippen LogP contribution in [0.2, 0.25) is 18.1 Å². The summed E-state index contributed by atoms with van der Waals surface area (Å²) in [6, 6.07) is 15.2. The first-order valence-electron chi connectivity index (χ1n) is 11.6. The summed E-state index contributed by atoms with van der Waals surface area (Å²) in [6.45, 7) is 16.0. The highest BCUT2D eigenvalue weighted by atomic mass is 28.4. The van der Waals surface area contributed by atoms with Gasteiger partial charge in [0, 0.05) is 17.5 Å². The quantitative estimate of drug-likeness (QED) is 0.236. The van der Waals surface area contributed by atoms with Gasteiger partial charge in [-0.1, -0.05) is 89.6 Å². The molecule has 0 unspecified atom stereocenters. The van der Waals surface area contributed by atoms with Gasteiger partial charge >= 0.3 is 0 Å². The first kappa shape index (κ1) is 24.3. The fraction of sp³-hybridized carbons (Fsp3) is 0.500. The van der Waals surface area contributed by atoms with E-state index in [1.165, 1.54) is 41.5 Å². The van der Waals surface area contributed by atoms with Crippen molar-refractivity contribution in [1.82, 2.24) is 0 Å². The molecule has 0 aliphatic carbocycles. The highest BCUT2D eigenvalue weighted by molar-refractivity contribution is 6.74. The molecule has 0 fully saturated rings. The van der Waals surface area contributed by atoms with Crippen molar-refractivity contribution in [1.29, 1.82) is 0 Å². The molecule has 0 spiro atoms. The number of hydrogen-bond donors (Lipinski definition) is 0. The van der Waals surface area contributed by atoms with Crippen LogP contribution < -0.4 is 4.43 Å². The van der Waals surface area contributed by atoms with E-state index in [1.54, 1.807) is 0 Å². The monoisotopic (exact) mass is 420 g/mol. The van der Waals surface area contributed by atoms with Crippen molar-refractivity contribution in [2.24, 2.45) is 0 Å². The van der Waals surface area contributed by atoms with Gasteiger partial charge < -0.3 is 4.43 Å². The molecule has 0 saturated heterocycles. The van der Waals surface area contributed by atoms with Gasteiger partial charge in [-0.3, -0.25) is 0 Å². The summed E-state index contributed by atoms with van der Waals surface area (Å²) in [7, 11) is -1.91. The molecule has 0 aromatic heterocycles. The van der Waals surface area contributed by atoms with Gasteiger partial charge in [-0.2, -0.15) is 0 Å². The number of aryl methyl sites for hydroxylation is 1. The molecular formula is C28H40OSi. The zero-order valence-corrected chi connectivity index (χ0v) is 21.2. The van der Waals surface area contributed by atoms with Gasteiger partial charge in [0.1, 0.15) is 5.75 Å². The Morgan fingerprint density at radius 2 is 1.60 bits per heavy atom. The van der Waals surface area contributed by atoms with Crippen LogP contribution in [0.25, 0.3) is 11.1 Å². The fourth-order valence-electron chi connectivity index (χ4n) is 3.15. The maximum Gasteiger partial charge on any atom is 0.250 e. The minimum absolute atomic E-state index is 0.169. The minimum atomic E-state index is -1.91. The maximum absolute atomic E-state index is 6.74. The second-order valence-electron chi connectivity index (χ2n) is 9.74. The van der Waals surface area contributed by atoms with Crippen LogP contribution in [0.4, 0.5) is 0 Å². The van der Waals surface area contributed by atoms with Gasteiger partial charge in [-0.05, 0) is 60.7 Å². The number of hydrogen-bond acceptors (Lipinski definition) is 1. The van der Waals surface area contributed by atoms with Crippen molar-refractivity contribution in [3.63, 3.8) is 0 Å². The normalized spacial score (nSPS) is 11.7. The SMILES string of the molecule is CCCCC#Cc1c(CCCC)cc(O[Si](C)(C)C(C)(C)C)cc1-c1ccccc1. The predicted molar refractivity (Wildman–Crippen MR) is 135 cm³/mol. The van der Waals surface area contributed by atoms with E-state index in [4.69, 9.17) is 4.43 Å². The summed E-state index contributed by atoms with van der Waals surface area (Å²) in [4.78, 5) is 0. The summed E-state index contributed by atoms with van der Waals surface area (Å²) < 4.78 is 6.74. The summed E-state index contributed by atoms with van der Waals surface area (Å²) >= 11 is 0. The molecule has 2 aromatic carbocycles. The van der Waals surface area contributed by atoms with Gasteiger partial charge in [0.2, 0.25) is 8.32 Å². The fourth-order valence-corrected chi connectivity index (χ4v) is 4.17. The zero-order valence-electron chi connectivity index (χ0n) is 20.2. The highest BCUT2D eigenvalue weighted by Gasteiger charge is 2.39. The lowest BCUT2D eigenvalue weighted by atomic mass is 9.92. The van der Waals surface area contributed by atoms with Crippen LogP contribution in [0, 0.1) is 11.8 Å². The molecule has 0 atom stereocenters. The highest BCUT2D eigenvalue weighted by Crippen LogP contribution is 2.39. The lowest BCUT2D eigenvalue weighted by Gasteiger charge is -2.36. The first-order chi connectivity index (χ1) is 14.2. The Morgan fingerprint density at radius 3 is 2.20 bits per heavy atom. The molecule has 0 heterocycles. The van der Waals surface area contributed by atoms with Crippen molar-refractivity contribution in [2.45, 2.75) is 91.3 Å². The first-order valence-corrected chi connectivity index (χ1v) is 14.5.